The number of hydrogen-bond acceptors (Lipinski definition) is 3. The normalized spacial score (nSPS) is 17.7. The van der Waals surface area contributed by atoms with Crippen LogP contribution in [0.3, 0.4) is 0 Å². The molecule has 1 aromatic carbocycles. The maximum absolute atomic E-state index is 13.8. The van der Waals surface area contributed by atoms with Crippen molar-refractivity contribution < 1.29 is 9.18 Å². The molecule has 0 aliphatic carbocycles. The highest BCUT2D eigenvalue weighted by atomic mass is 32.2. The number of rotatable bonds is 2. The van der Waals surface area contributed by atoms with Crippen molar-refractivity contribution in [3.8, 4) is 11.8 Å². The van der Waals surface area contributed by atoms with Crippen LogP contribution in [-0.4, -0.2) is 24.0 Å². The van der Waals surface area contributed by atoms with E-state index >= 15 is 0 Å². The van der Waals surface area contributed by atoms with E-state index in [4.69, 9.17) is 5.73 Å². The first-order valence-electron chi connectivity index (χ1n) is 6.08. The van der Waals surface area contributed by atoms with Gasteiger partial charge in [0.05, 0.1) is 12.2 Å². The van der Waals surface area contributed by atoms with Gasteiger partial charge in [0.1, 0.15) is 5.82 Å². The minimum atomic E-state index is -0.470. The lowest BCUT2D eigenvalue weighted by atomic mass is 10.1. The molecule has 0 spiro atoms. The molecule has 0 aromatic heterocycles. The van der Waals surface area contributed by atoms with Crippen LogP contribution in [0.2, 0.25) is 0 Å². The standard InChI is InChI=1S/C14H15FN2OS/c15-12-8-10(2-1-6-16)3-4-13(12)17-14(18)11-5-7-19-9-11/h3-4,8,11H,5-7,9,16H2,(H,17,18). The van der Waals surface area contributed by atoms with E-state index in [1.165, 1.54) is 12.1 Å². The molecule has 1 fully saturated rings. The Morgan fingerprint density at radius 1 is 1.58 bits per heavy atom. The summed E-state index contributed by atoms with van der Waals surface area (Å²) < 4.78 is 13.8. The molecule has 0 saturated carbocycles. The molecule has 1 aromatic rings. The zero-order valence-corrected chi connectivity index (χ0v) is 11.2. The van der Waals surface area contributed by atoms with Crippen LogP contribution >= 0.6 is 11.8 Å². The Morgan fingerprint density at radius 2 is 2.42 bits per heavy atom. The maximum Gasteiger partial charge on any atom is 0.228 e. The predicted molar refractivity (Wildman–Crippen MR) is 76.4 cm³/mol. The molecule has 1 heterocycles. The number of nitrogens with two attached hydrogens (primary N) is 1. The Kier molecular flexibility index (Phi) is 4.83. The average molecular weight is 278 g/mol. The van der Waals surface area contributed by atoms with Gasteiger partial charge in [0, 0.05) is 17.2 Å². The Morgan fingerprint density at radius 3 is 3.05 bits per heavy atom. The van der Waals surface area contributed by atoms with E-state index in [-0.39, 0.29) is 24.1 Å². The van der Waals surface area contributed by atoms with Gasteiger partial charge in [0.15, 0.2) is 0 Å². The number of benzene rings is 1. The summed E-state index contributed by atoms with van der Waals surface area (Å²) in [7, 11) is 0. The van der Waals surface area contributed by atoms with Gasteiger partial charge in [0.25, 0.3) is 0 Å². The molecule has 2 rings (SSSR count). The number of anilines is 1. The monoisotopic (exact) mass is 278 g/mol. The number of carbonyl (C=O) groups is 1. The van der Waals surface area contributed by atoms with E-state index in [0.717, 1.165) is 17.9 Å². The van der Waals surface area contributed by atoms with Crippen LogP contribution in [0.5, 0.6) is 0 Å². The first-order chi connectivity index (χ1) is 9.20. The molecule has 1 amide bonds. The van der Waals surface area contributed by atoms with Crippen LogP contribution in [0.1, 0.15) is 12.0 Å². The van der Waals surface area contributed by atoms with Gasteiger partial charge in [-0.3, -0.25) is 4.79 Å². The van der Waals surface area contributed by atoms with Gasteiger partial charge >= 0.3 is 0 Å². The van der Waals surface area contributed by atoms with E-state index < -0.39 is 5.82 Å². The molecule has 1 aliphatic heterocycles. The second kappa shape index (κ2) is 6.60. The molecular formula is C14H15FN2OS. The summed E-state index contributed by atoms with van der Waals surface area (Å²) in [6, 6.07) is 4.52. The summed E-state index contributed by atoms with van der Waals surface area (Å²) in [5.74, 6) is 6.63. The van der Waals surface area contributed by atoms with Gasteiger partial charge in [-0.2, -0.15) is 11.8 Å². The van der Waals surface area contributed by atoms with Gasteiger partial charge in [-0.25, -0.2) is 4.39 Å². The number of amides is 1. The number of carbonyl (C=O) groups excluding carboxylic acids is 1. The van der Waals surface area contributed by atoms with Crippen LogP contribution in [0, 0.1) is 23.6 Å². The van der Waals surface area contributed by atoms with E-state index in [9.17, 15) is 9.18 Å². The van der Waals surface area contributed by atoms with Crippen LogP contribution in [-0.2, 0) is 4.79 Å². The SMILES string of the molecule is NCC#Cc1ccc(NC(=O)C2CCSC2)c(F)c1. The summed E-state index contributed by atoms with van der Waals surface area (Å²) in [5, 5.41) is 2.64. The fraction of sp³-hybridized carbons (Fsp3) is 0.357. The van der Waals surface area contributed by atoms with Crippen molar-refractivity contribution >= 4 is 23.4 Å². The first-order valence-corrected chi connectivity index (χ1v) is 7.23. The van der Waals surface area contributed by atoms with Crippen LogP contribution < -0.4 is 11.1 Å². The van der Waals surface area contributed by atoms with E-state index in [1.54, 1.807) is 17.8 Å². The molecule has 3 N–H and O–H groups in total. The molecule has 0 radical (unpaired) electrons. The maximum atomic E-state index is 13.8. The number of thioether (sulfide) groups is 1. The average Bonchev–Trinajstić information content (AvgIpc) is 2.93. The molecule has 3 nitrogen and oxygen atoms in total. The third-order valence-corrected chi connectivity index (χ3v) is 4.02. The molecule has 19 heavy (non-hydrogen) atoms. The molecule has 1 unspecified atom stereocenters. The highest BCUT2D eigenvalue weighted by Crippen LogP contribution is 2.25. The Balaban J connectivity index is 2.06. The quantitative estimate of drug-likeness (QED) is 0.811. The third-order valence-electron chi connectivity index (χ3n) is 2.86. The minimum absolute atomic E-state index is 0.0129. The molecule has 1 atom stereocenters. The molecular weight excluding hydrogens is 263 g/mol. The van der Waals surface area contributed by atoms with Crippen LogP contribution in [0.25, 0.3) is 0 Å². The number of hydrogen-bond donors (Lipinski definition) is 2. The third kappa shape index (κ3) is 3.72. The topological polar surface area (TPSA) is 55.1 Å². The minimum Gasteiger partial charge on any atom is -0.323 e. The highest BCUT2D eigenvalue weighted by Gasteiger charge is 2.23. The summed E-state index contributed by atoms with van der Waals surface area (Å²) in [6.07, 6.45) is 0.859. The van der Waals surface area contributed by atoms with E-state index in [1.807, 2.05) is 0 Å². The summed E-state index contributed by atoms with van der Waals surface area (Å²) in [4.78, 5) is 11.9. The summed E-state index contributed by atoms with van der Waals surface area (Å²) in [6.45, 7) is 0.236. The van der Waals surface area contributed by atoms with Crippen molar-refractivity contribution in [3.05, 3.63) is 29.6 Å². The van der Waals surface area contributed by atoms with E-state index in [0.29, 0.717) is 5.56 Å². The smallest absolute Gasteiger partial charge is 0.228 e. The Hall–Kier alpha value is -1.51. The molecule has 0 bridgehead atoms. The van der Waals surface area contributed by atoms with E-state index in [2.05, 4.69) is 17.2 Å². The summed E-state index contributed by atoms with van der Waals surface area (Å²) >= 11 is 1.75. The Bertz CT molecular complexity index is 530. The van der Waals surface area contributed by atoms with Crippen LogP contribution in [0.15, 0.2) is 18.2 Å². The second-order valence-electron chi connectivity index (χ2n) is 4.25. The lowest BCUT2D eigenvalue weighted by Crippen LogP contribution is -2.22. The number of halogens is 1. The molecule has 1 saturated heterocycles. The van der Waals surface area contributed by atoms with Gasteiger partial charge in [-0.1, -0.05) is 11.8 Å². The lowest BCUT2D eigenvalue weighted by molar-refractivity contribution is -0.119. The zero-order chi connectivity index (χ0) is 13.7. The van der Waals surface area contributed by atoms with Gasteiger partial charge in [-0.05, 0) is 30.4 Å². The van der Waals surface area contributed by atoms with Gasteiger partial charge in [0.2, 0.25) is 5.91 Å². The fourth-order valence-electron chi connectivity index (χ4n) is 1.82. The van der Waals surface area contributed by atoms with Crippen molar-refractivity contribution in [1.82, 2.24) is 0 Å². The molecule has 5 heteroatoms. The van der Waals surface area contributed by atoms with Crippen molar-refractivity contribution in [1.29, 1.82) is 0 Å². The van der Waals surface area contributed by atoms with Crippen molar-refractivity contribution in [2.24, 2.45) is 11.7 Å². The van der Waals surface area contributed by atoms with Crippen molar-refractivity contribution in [2.75, 3.05) is 23.4 Å². The summed E-state index contributed by atoms with van der Waals surface area (Å²) in [5.41, 5.74) is 6.02. The van der Waals surface area contributed by atoms with Gasteiger partial charge < -0.3 is 11.1 Å². The van der Waals surface area contributed by atoms with Gasteiger partial charge in [-0.15, -0.1) is 0 Å². The second-order valence-corrected chi connectivity index (χ2v) is 5.40. The number of nitrogens with one attached hydrogen (secondary N) is 1. The first kappa shape index (κ1) is 13.9. The fourth-order valence-corrected chi connectivity index (χ4v) is 3.04. The largest absolute Gasteiger partial charge is 0.323 e. The molecule has 1 aliphatic rings. The Labute approximate surface area is 116 Å². The molecule has 100 valence electrons. The zero-order valence-electron chi connectivity index (χ0n) is 10.4. The predicted octanol–water partition coefficient (Wildman–Crippen LogP) is 1.83. The van der Waals surface area contributed by atoms with Crippen molar-refractivity contribution in [3.63, 3.8) is 0 Å². The van der Waals surface area contributed by atoms with Crippen LogP contribution in [0.4, 0.5) is 10.1 Å². The van der Waals surface area contributed by atoms with Crippen molar-refractivity contribution in [2.45, 2.75) is 6.42 Å². The highest BCUT2D eigenvalue weighted by molar-refractivity contribution is 7.99. The lowest BCUT2D eigenvalue weighted by Gasteiger charge is -2.10.